The van der Waals surface area contributed by atoms with E-state index in [-0.39, 0.29) is 0 Å². The molecule has 13 heavy (non-hydrogen) atoms. The summed E-state index contributed by atoms with van der Waals surface area (Å²) in [6.45, 7) is 4.89. The summed E-state index contributed by atoms with van der Waals surface area (Å²) in [5.74, 6) is 0. The van der Waals surface area contributed by atoms with E-state index in [1.807, 2.05) is 0 Å². The lowest BCUT2D eigenvalue weighted by atomic mass is 10.1. The first kappa shape index (κ1) is 11.0. The molecular weight excluding hydrogens is 166 g/mol. The average molecular weight is 187 g/mol. The summed E-state index contributed by atoms with van der Waals surface area (Å²) >= 11 is 0. The Labute approximate surface area is 80.8 Å². The zero-order valence-corrected chi connectivity index (χ0v) is 8.71. The maximum Gasteiger partial charge on any atom is 0.0751 e. The van der Waals surface area contributed by atoms with Gasteiger partial charge in [0, 0.05) is 13.7 Å². The van der Waals surface area contributed by atoms with E-state index in [0.717, 1.165) is 26.2 Å². The van der Waals surface area contributed by atoms with Crippen LogP contribution in [0.3, 0.4) is 0 Å². The van der Waals surface area contributed by atoms with Crippen molar-refractivity contribution in [2.75, 3.05) is 26.9 Å². The highest BCUT2D eigenvalue weighted by atomic mass is 16.5. The van der Waals surface area contributed by atoms with Crippen molar-refractivity contribution in [3.8, 4) is 0 Å². The fourth-order valence-corrected chi connectivity index (χ4v) is 1.73. The van der Waals surface area contributed by atoms with Crippen molar-refractivity contribution >= 4 is 0 Å². The molecule has 1 N–H and O–H groups in total. The Kier molecular flexibility index (Phi) is 5.35. The molecule has 0 bridgehead atoms. The summed E-state index contributed by atoms with van der Waals surface area (Å²) in [6, 6.07) is 0.382. The summed E-state index contributed by atoms with van der Waals surface area (Å²) in [5, 5.41) is 3.46. The first-order valence-corrected chi connectivity index (χ1v) is 5.22. The van der Waals surface area contributed by atoms with E-state index in [1.54, 1.807) is 7.11 Å². The largest absolute Gasteiger partial charge is 0.383 e. The highest BCUT2D eigenvalue weighted by molar-refractivity contribution is 4.79. The highest BCUT2D eigenvalue weighted by Crippen LogP contribution is 2.15. The molecule has 0 saturated carbocycles. The van der Waals surface area contributed by atoms with Crippen LogP contribution in [0.25, 0.3) is 0 Å². The summed E-state index contributed by atoms with van der Waals surface area (Å²) in [7, 11) is 1.75. The third-order valence-electron chi connectivity index (χ3n) is 2.42. The van der Waals surface area contributed by atoms with Crippen LogP contribution in [0.5, 0.6) is 0 Å². The molecule has 3 heteroatoms. The highest BCUT2D eigenvalue weighted by Gasteiger charge is 2.24. The fourth-order valence-electron chi connectivity index (χ4n) is 1.73. The van der Waals surface area contributed by atoms with Crippen molar-refractivity contribution in [2.24, 2.45) is 0 Å². The van der Waals surface area contributed by atoms with Gasteiger partial charge < -0.3 is 14.8 Å². The zero-order valence-electron chi connectivity index (χ0n) is 8.71. The molecule has 0 amide bonds. The van der Waals surface area contributed by atoms with Gasteiger partial charge in [-0.15, -0.1) is 0 Å². The standard InChI is InChI=1S/C10H21NO2/c1-3-6-11-9(8-12-2)10-5-4-7-13-10/h9-11H,3-8H2,1-2H3. The van der Waals surface area contributed by atoms with Crippen LogP contribution in [0.1, 0.15) is 26.2 Å². The van der Waals surface area contributed by atoms with Gasteiger partial charge in [0.15, 0.2) is 0 Å². The normalized spacial score (nSPS) is 24.9. The SMILES string of the molecule is CCCNC(COC)C1CCCO1. The summed E-state index contributed by atoms with van der Waals surface area (Å²) in [5.41, 5.74) is 0. The van der Waals surface area contributed by atoms with E-state index in [1.165, 1.54) is 12.8 Å². The van der Waals surface area contributed by atoms with E-state index in [4.69, 9.17) is 9.47 Å². The molecule has 1 rings (SSSR count). The van der Waals surface area contributed by atoms with Gasteiger partial charge in [-0.3, -0.25) is 0 Å². The van der Waals surface area contributed by atoms with Crippen LogP contribution in [0.2, 0.25) is 0 Å². The van der Waals surface area contributed by atoms with Crippen LogP contribution in [-0.2, 0) is 9.47 Å². The molecule has 1 aliphatic heterocycles. The number of methoxy groups -OCH3 is 1. The Morgan fingerprint density at radius 3 is 3.00 bits per heavy atom. The van der Waals surface area contributed by atoms with Crippen molar-refractivity contribution < 1.29 is 9.47 Å². The van der Waals surface area contributed by atoms with Gasteiger partial charge in [-0.25, -0.2) is 0 Å². The molecule has 1 heterocycles. The number of hydrogen-bond donors (Lipinski definition) is 1. The van der Waals surface area contributed by atoms with Crippen LogP contribution in [0.4, 0.5) is 0 Å². The van der Waals surface area contributed by atoms with Gasteiger partial charge in [0.05, 0.1) is 18.8 Å². The van der Waals surface area contributed by atoms with Gasteiger partial charge in [0.25, 0.3) is 0 Å². The van der Waals surface area contributed by atoms with Gasteiger partial charge in [-0.1, -0.05) is 6.92 Å². The van der Waals surface area contributed by atoms with Crippen LogP contribution < -0.4 is 5.32 Å². The summed E-state index contributed by atoms with van der Waals surface area (Å²) < 4.78 is 10.8. The Morgan fingerprint density at radius 1 is 1.62 bits per heavy atom. The predicted octanol–water partition coefficient (Wildman–Crippen LogP) is 1.18. The predicted molar refractivity (Wildman–Crippen MR) is 52.9 cm³/mol. The molecule has 78 valence electrons. The van der Waals surface area contributed by atoms with Gasteiger partial charge >= 0.3 is 0 Å². The topological polar surface area (TPSA) is 30.5 Å². The van der Waals surface area contributed by atoms with Crippen LogP contribution >= 0.6 is 0 Å². The van der Waals surface area contributed by atoms with Gasteiger partial charge in [0.1, 0.15) is 0 Å². The van der Waals surface area contributed by atoms with E-state index in [2.05, 4.69) is 12.2 Å². The molecular formula is C10H21NO2. The maximum atomic E-state index is 5.62. The molecule has 2 unspecified atom stereocenters. The quantitative estimate of drug-likeness (QED) is 0.677. The van der Waals surface area contributed by atoms with E-state index in [0.29, 0.717) is 12.1 Å². The number of nitrogens with one attached hydrogen (secondary N) is 1. The van der Waals surface area contributed by atoms with Crippen molar-refractivity contribution in [2.45, 2.75) is 38.3 Å². The van der Waals surface area contributed by atoms with Gasteiger partial charge in [0.2, 0.25) is 0 Å². The van der Waals surface area contributed by atoms with Crippen LogP contribution in [0.15, 0.2) is 0 Å². The van der Waals surface area contributed by atoms with Gasteiger partial charge in [-0.05, 0) is 25.8 Å². The number of ether oxygens (including phenoxy) is 2. The molecule has 0 aromatic rings. The second kappa shape index (κ2) is 6.35. The molecule has 0 aromatic carbocycles. The number of rotatable bonds is 6. The maximum absolute atomic E-state index is 5.62. The molecule has 2 atom stereocenters. The average Bonchev–Trinajstić information content (AvgIpc) is 2.65. The van der Waals surface area contributed by atoms with Crippen molar-refractivity contribution in [3.05, 3.63) is 0 Å². The zero-order chi connectivity index (χ0) is 9.52. The molecule has 1 aliphatic rings. The molecule has 1 saturated heterocycles. The first-order valence-electron chi connectivity index (χ1n) is 5.22. The monoisotopic (exact) mass is 187 g/mol. The summed E-state index contributed by atoms with van der Waals surface area (Å²) in [4.78, 5) is 0. The Hall–Kier alpha value is -0.120. The summed E-state index contributed by atoms with van der Waals surface area (Å²) in [6.07, 6.45) is 3.89. The minimum Gasteiger partial charge on any atom is -0.383 e. The lowest BCUT2D eigenvalue weighted by Gasteiger charge is -2.23. The first-order chi connectivity index (χ1) is 6.38. The minimum atomic E-state index is 0.367. The van der Waals surface area contributed by atoms with Crippen LogP contribution in [-0.4, -0.2) is 39.0 Å². The molecule has 0 radical (unpaired) electrons. The molecule has 3 nitrogen and oxygen atoms in total. The number of hydrogen-bond acceptors (Lipinski definition) is 3. The second-order valence-electron chi connectivity index (χ2n) is 3.57. The molecule has 1 fully saturated rings. The second-order valence-corrected chi connectivity index (χ2v) is 3.57. The fraction of sp³-hybridized carbons (Fsp3) is 1.00. The van der Waals surface area contributed by atoms with Crippen molar-refractivity contribution in [3.63, 3.8) is 0 Å². The van der Waals surface area contributed by atoms with E-state index in [9.17, 15) is 0 Å². The Balaban J connectivity index is 2.26. The minimum absolute atomic E-state index is 0.367. The van der Waals surface area contributed by atoms with Crippen LogP contribution in [0, 0.1) is 0 Å². The Bertz CT molecular complexity index is 124. The third-order valence-corrected chi connectivity index (χ3v) is 2.42. The Morgan fingerprint density at radius 2 is 2.46 bits per heavy atom. The van der Waals surface area contributed by atoms with E-state index >= 15 is 0 Å². The lowest BCUT2D eigenvalue weighted by Crippen LogP contribution is -2.43. The lowest BCUT2D eigenvalue weighted by molar-refractivity contribution is 0.0436. The van der Waals surface area contributed by atoms with Crippen molar-refractivity contribution in [1.82, 2.24) is 5.32 Å². The van der Waals surface area contributed by atoms with Crippen molar-refractivity contribution in [1.29, 1.82) is 0 Å². The molecule has 0 aromatic heterocycles. The van der Waals surface area contributed by atoms with E-state index < -0.39 is 0 Å². The van der Waals surface area contributed by atoms with Gasteiger partial charge in [-0.2, -0.15) is 0 Å². The smallest absolute Gasteiger partial charge is 0.0751 e. The molecule has 0 spiro atoms. The third kappa shape index (κ3) is 3.63. The molecule has 0 aliphatic carbocycles.